The van der Waals surface area contributed by atoms with Crippen LogP contribution >= 0.6 is 0 Å². The molecular formula is C14H16N2O5. The Morgan fingerprint density at radius 2 is 2.14 bits per heavy atom. The van der Waals surface area contributed by atoms with Crippen molar-refractivity contribution in [1.82, 2.24) is 0 Å². The zero-order valence-electron chi connectivity index (χ0n) is 11.8. The Morgan fingerprint density at radius 1 is 1.48 bits per heavy atom. The van der Waals surface area contributed by atoms with E-state index in [4.69, 9.17) is 9.47 Å². The first-order valence-corrected chi connectivity index (χ1v) is 6.52. The lowest BCUT2D eigenvalue weighted by Crippen LogP contribution is -2.46. The minimum atomic E-state index is -1.37. The summed E-state index contributed by atoms with van der Waals surface area (Å²) in [5, 5.41) is 10.6. The van der Waals surface area contributed by atoms with Gasteiger partial charge in [0.15, 0.2) is 0 Å². The first kappa shape index (κ1) is 15.0. The van der Waals surface area contributed by atoms with Gasteiger partial charge in [-0.25, -0.2) is 9.79 Å². The van der Waals surface area contributed by atoms with Crippen LogP contribution in [0.3, 0.4) is 0 Å². The minimum absolute atomic E-state index is 0.0653. The maximum atomic E-state index is 12.1. The van der Waals surface area contributed by atoms with Gasteiger partial charge in [-0.05, 0) is 19.1 Å². The highest BCUT2D eigenvalue weighted by molar-refractivity contribution is 5.99. The molecule has 1 aromatic carbocycles. The molecule has 21 heavy (non-hydrogen) atoms. The zero-order chi connectivity index (χ0) is 15.5. The predicted octanol–water partition coefficient (Wildman–Crippen LogP) is 1.43. The molecule has 0 saturated carbocycles. The van der Waals surface area contributed by atoms with Crippen molar-refractivity contribution in [2.24, 2.45) is 4.99 Å². The van der Waals surface area contributed by atoms with Gasteiger partial charge in [0, 0.05) is 10.5 Å². The van der Waals surface area contributed by atoms with Crippen molar-refractivity contribution >= 4 is 11.9 Å². The third kappa shape index (κ3) is 2.86. The number of nitro groups is 1. The maximum Gasteiger partial charge on any atom is 0.338 e. The van der Waals surface area contributed by atoms with Gasteiger partial charge in [-0.1, -0.05) is 18.2 Å². The first-order chi connectivity index (χ1) is 9.99. The highest BCUT2D eigenvalue weighted by atomic mass is 16.6. The molecule has 0 N–H and O–H groups in total. The summed E-state index contributed by atoms with van der Waals surface area (Å²) in [6, 6.07) is 9.09. The lowest BCUT2D eigenvalue weighted by Gasteiger charge is -2.24. The normalized spacial score (nSPS) is 24.1. The second-order valence-electron chi connectivity index (χ2n) is 4.77. The number of rotatable bonds is 5. The summed E-state index contributed by atoms with van der Waals surface area (Å²) >= 11 is 0. The molecule has 0 aliphatic carbocycles. The Bertz CT molecular complexity index is 572. The van der Waals surface area contributed by atoms with Crippen LogP contribution in [0, 0.1) is 10.1 Å². The summed E-state index contributed by atoms with van der Waals surface area (Å²) in [4.78, 5) is 26.6. The van der Waals surface area contributed by atoms with Gasteiger partial charge in [0.05, 0.1) is 13.5 Å². The van der Waals surface area contributed by atoms with Gasteiger partial charge in [-0.3, -0.25) is 10.1 Å². The molecule has 7 heteroatoms. The maximum absolute atomic E-state index is 12.1. The van der Waals surface area contributed by atoms with E-state index in [1.54, 1.807) is 19.1 Å². The third-order valence-electron chi connectivity index (χ3n) is 3.50. The van der Waals surface area contributed by atoms with E-state index in [1.165, 1.54) is 7.11 Å². The summed E-state index contributed by atoms with van der Waals surface area (Å²) in [6.07, 6.45) is -0.690. The van der Waals surface area contributed by atoms with Gasteiger partial charge in [-0.15, -0.1) is 0 Å². The van der Waals surface area contributed by atoms with Crippen molar-refractivity contribution in [2.45, 2.75) is 25.0 Å². The highest BCUT2D eigenvalue weighted by Crippen LogP contribution is 2.32. The van der Waals surface area contributed by atoms with Gasteiger partial charge in [0.2, 0.25) is 18.0 Å². The van der Waals surface area contributed by atoms with Crippen LogP contribution in [0.1, 0.15) is 18.9 Å². The molecule has 0 radical (unpaired) electrons. The fourth-order valence-electron chi connectivity index (χ4n) is 2.29. The van der Waals surface area contributed by atoms with Gasteiger partial charge < -0.3 is 9.47 Å². The van der Waals surface area contributed by atoms with Gasteiger partial charge in [-0.2, -0.15) is 0 Å². The molecular weight excluding hydrogens is 276 g/mol. The summed E-state index contributed by atoms with van der Waals surface area (Å²) in [6.45, 7) is 1.28. The molecule has 0 saturated heterocycles. The molecule has 0 spiro atoms. The van der Waals surface area contributed by atoms with E-state index < -0.39 is 22.5 Å². The number of benzene rings is 1. The summed E-state index contributed by atoms with van der Waals surface area (Å²) in [5.74, 6) is -0.320. The average Bonchev–Trinajstić information content (AvgIpc) is 2.83. The van der Waals surface area contributed by atoms with E-state index >= 15 is 0 Å². The Hall–Kier alpha value is -2.44. The standard InChI is InChI=1S/C14H16N2O5/c1-10-14(13(17)20-2,8-9-16(18)19)15-12(21-10)11-6-4-3-5-7-11/h3-7,10H,8-9H2,1-2H3/t10-,14-/m0/s1. The van der Waals surface area contributed by atoms with Gasteiger partial charge >= 0.3 is 5.97 Å². The molecule has 7 nitrogen and oxygen atoms in total. The topological polar surface area (TPSA) is 91.0 Å². The number of methoxy groups -OCH3 is 1. The number of esters is 1. The molecule has 1 heterocycles. The van der Waals surface area contributed by atoms with Crippen LogP contribution in [0.4, 0.5) is 0 Å². The van der Waals surface area contributed by atoms with Crippen LogP contribution in [-0.2, 0) is 14.3 Å². The monoisotopic (exact) mass is 292 g/mol. The smallest absolute Gasteiger partial charge is 0.338 e. The molecule has 112 valence electrons. The molecule has 1 aliphatic heterocycles. The minimum Gasteiger partial charge on any atom is -0.471 e. The molecule has 2 atom stereocenters. The quantitative estimate of drug-likeness (QED) is 0.465. The molecule has 1 aromatic rings. The lowest BCUT2D eigenvalue weighted by atomic mass is 9.90. The number of aliphatic imine (C=N–C) groups is 1. The number of carbonyl (C=O) groups excluding carboxylic acids is 1. The number of hydrogen-bond acceptors (Lipinski definition) is 6. The Kier molecular flexibility index (Phi) is 4.21. The average molecular weight is 292 g/mol. The number of hydrogen-bond donors (Lipinski definition) is 0. The number of ether oxygens (including phenoxy) is 2. The van der Waals surface area contributed by atoms with Crippen LogP contribution in [0.2, 0.25) is 0 Å². The fourth-order valence-corrected chi connectivity index (χ4v) is 2.29. The first-order valence-electron chi connectivity index (χ1n) is 6.52. The summed E-state index contributed by atoms with van der Waals surface area (Å²) in [7, 11) is 1.24. The van der Waals surface area contributed by atoms with E-state index in [9.17, 15) is 14.9 Å². The molecule has 0 bridgehead atoms. The third-order valence-corrected chi connectivity index (χ3v) is 3.50. The van der Waals surface area contributed by atoms with E-state index in [1.807, 2.05) is 18.2 Å². The van der Waals surface area contributed by atoms with Crippen molar-refractivity contribution in [1.29, 1.82) is 0 Å². The van der Waals surface area contributed by atoms with Crippen LogP contribution in [0.5, 0.6) is 0 Å². The summed E-state index contributed by atoms with van der Waals surface area (Å²) < 4.78 is 10.4. The molecule has 1 aliphatic rings. The summed E-state index contributed by atoms with van der Waals surface area (Å²) in [5.41, 5.74) is -0.649. The SMILES string of the molecule is COC(=O)[C@@]1(CC[N+](=O)[O-])N=C(c2ccccc2)O[C@H]1C. The van der Waals surface area contributed by atoms with E-state index in [0.29, 0.717) is 5.90 Å². The van der Waals surface area contributed by atoms with E-state index in [0.717, 1.165) is 5.56 Å². The zero-order valence-corrected chi connectivity index (χ0v) is 11.8. The molecule has 0 aromatic heterocycles. The van der Waals surface area contributed by atoms with Crippen molar-refractivity contribution in [2.75, 3.05) is 13.7 Å². The van der Waals surface area contributed by atoms with E-state index in [2.05, 4.69) is 4.99 Å². The molecule has 0 fully saturated rings. The van der Waals surface area contributed by atoms with Gasteiger partial charge in [0.1, 0.15) is 6.10 Å². The number of carbonyl (C=O) groups is 1. The fraction of sp³-hybridized carbons (Fsp3) is 0.429. The van der Waals surface area contributed by atoms with Crippen molar-refractivity contribution in [3.8, 4) is 0 Å². The van der Waals surface area contributed by atoms with Crippen LogP contribution in [-0.4, -0.2) is 42.1 Å². The van der Waals surface area contributed by atoms with Crippen molar-refractivity contribution in [3.05, 3.63) is 46.0 Å². The van der Waals surface area contributed by atoms with E-state index in [-0.39, 0.29) is 13.0 Å². The second kappa shape index (κ2) is 5.90. The number of nitrogens with zero attached hydrogens (tertiary/aromatic N) is 2. The van der Waals surface area contributed by atoms with Crippen LogP contribution in [0.25, 0.3) is 0 Å². The Balaban J connectivity index is 2.37. The largest absolute Gasteiger partial charge is 0.471 e. The van der Waals surface area contributed by atoms with Crippen LogP contribution in [0.15, 0.2) is 35.3 Å². The predicted molar refractivity (Wildman–Crippen MR) is 74.8 cm³/mol. The van der Waals surface area contributed by atoms with Crippen molar-refractivity contribution in [3.63, 3.8) is 0 Å². The Morgan fingerprint density at radius 3 is 2.71 bits per heavy atom. The second-order valence-corrected chi connectivity index (χ2v) is 4.77. The van der Waals surface area contributed by atoms with Gasteiger partial charge in [0.25, 0.3) is 0 Å². The highest BCUT2D eigenvalue weighted by Gasteiger charge is 2.52. The van der Waals surface area contributed by atoms with Crippen LogP contribution < -0.4 is 0 Å². The van der Waals surface area contributed by atoms with Crippen molar-refractivity contribution < 1.29 is 19.2 Å². The Labute approximate surface area is 121 Å². The molecule has 0 amide bonds. The molecule has 2 rings (SSSR count). The molecule has 0 unspecified atom stereocenters. The lowest BCUT2D eigenvalue weighted by molar-refractivity contribution is -0.481.